The second-order valence-electron chi connectivity index (χ2n) is 4.75. The molecule has 20 heavy (non-hydrogen) atoms. The molecule has 0 bridgehead atoms. The minimum atomic E-state index is -1.05. The van der Waals surface area contributed by atoms with Crippen LogP contribution in [0.4, 0.5) is 0 Å². The first-order valence-electron chi connectivity index (χ1n) is 6.84. The molecule has 110 valence electrons. The van der Waals surface area contributed by atoms with Crippen LogP contribution in [0.15, 0.2) is 24.5 Å². The fourth-order valence-electron chi connectivity index (χ4n) is 1.59. The third-order valence-corrected chi connectivity index (χ3v) is 2.54. The first-order chi connectivity index (χ1) is 9.54. The Morgan fingerprint density at radius 3 is 2.60 bits per heavy atom. The largest absolute Gasteiger partial charge is 0.460 e. The van der Waals surface area contributed by atoms with E-state index in [0.717, 1.165) is 12.8 Å². The number of nitrogens with zero attached hydrogens (tertiary/aromatic N) is 1. The lowest BCUT2D eigenvalue weighted by Gasteiger charge is -2.18. The molecule has 0 saturated carbocycles. The quantitative estimate of drug-likeness (QED) is 0.718. The van der Waals surface area contributed by atoms with Crippen molar-refractivity contribution in [2.45, 2.75) is 52.2 Å². The molecule has 0 aromatic carbocycles. The summed E-state index contributed by atoms with van der Waals surface area (Å²) in [6, 6.07) is 3.37. The van der Waals surface area contributed by atoms with Crippen LogP contribution in [0.3, 0.4) is 0 Å². The van der Waals surface area contributed by atoms with E-state index >= 15 is 0 Å². The minimum Gasteiger partial charge on any atom is -0.460 e. The van der Waals surface area contributed by atoms with Gasteiger partial charge >= 0.3 is 11.9 Å². The Labute approximate surface area is 119 Å². The molecule has 0 radical (unpaired) electrons. The summed E-state index contributed by atoms with van der Waals surface area (Å²) in [4.78, 5) is 27.7. The summed E-state index contributed by atoms with van der Waals surface area (Å²) in [7, 11) is 0. The van der Waals surface area contributed by atoms with Crippen LogP contribution in [0.1, 0.15) is 51.7 Å². The number of unbranched alkanes of at least 4 members (excludes halogenated alkanes) is 1. The van der Waals surface area contributed by atoms with Gasteiger partial charge in [0.2, 0.25) is 6.10 Å². The van der Waals surface area contributed by atoms with Gasteiger partial charge in [0.1, 0.15) is 0 Å². The average molecular weight is 279 g/mol. The highest BCUT2D eigenvalue weighted by molar-refractivity contribution is 5.80. The Morgan fingerprint density at radius 2 is 2.05 bits per heavy atom. The summed E-state index contributed by atoms with van der Waals surface area (Å²) in [6.07, 6.45) is 3.70. The number of aromatic nitrogens is 1. The van der Waals surface area contributed by atoms with Crippen molar-refractivity contribution in [3.05, 3.63) is 30.1 Å². The molecule has 1 aromatic heterocycles. The molecule has 1 aromatic rings. The van der Waals surface area contributed by atoms with E-state index in [1.807, 2.05) is 6.92 Å². The maximum atomic E-state index is 12.0. The van der Waals surface area contributed by atoms with Crippen molar-refractivity contribution in [1.29, 1.82) is 0 Å². The zero-order valence-corrected chi connectivity index (χ0v) is 12.2. The zero-order valence-electron chi connectivity index (χ0n) is 12.2. The fraction of sp³-hybridized carbons (Fsp3) is 0.533. The van der Waals surface area contributed by atoms with E-state index in [0.29, 0.717) is 12.0 Å². The molecule has 5 nitrogen and oxygen atoms in total. The van der Waals surface area contributed by atoms with Gasteiger partial charge in [-0.15, -0.1) is 0 Å². The van der Waals surface area contributed by atoms with Crippen LogP contribution in [-0.2, 0) is 19.1 Å². The van der Waals surface area contributed by atoms with Gasteiger partial charge in [0.05, 0.1) is 6.10 Å². The monoisotopic (exact) mass is 279 g/mol. The molecule has 1 rings (SSSR count). The summed E-state index contributed by atoms with van der Waals surface area (Å²) in [5.74, 6) is -0.973. The molecule has 1 atom stereocenters. The number of hydrogen-bond donors (Lipinski definition) is 0. The van der Waals surface area contributed by atoms with Crippen LogP contribution < -0.4 is 0 Å². The first-order valence-corrected chi connectivity index (χ1v) is 6.84. The van der Waals surface area contributed by atoms with Crippen LogP contribution in [-0.4, -0.2) is 23.0 Å². The molecule has 0 aliphatic rings. The molecule has 0 fully saturated rings. The smallest absolute Gasteiger partial charge is 0.352 e. The fourth-order valence-corrected chi connectivity index (χ4v) is 1.59. The summed E-state index contributed by atoms with van der Waals surface area (Å²) in [5, 5.41) is 0. The topological polar surface area (TPSA) is 65.5 Å². The Balaban J connectivity index is 2.79. The summed E-state index contributed by atoms with van der Waals surface area (Å²) < 4.78 is 10.4. The van der Waals surface area contributed by atoms with Crippen molar-refractivity contribution in [3.63, 3.8) is 0 Å². The van der Waals surface area contributed by atoms with Gasteiger partial charge in [-0.05, 0) is 26.3 Å². The first kappa shape index (κ1) is 16.1. The van der Waals surface area contributed by atoms with Gasteiger partial charge in [0.25, 0.3) is 0 Å². The number of hydrogen-bond acceptors (Lipinski definition) is 5. The summed E-state index contributed by atoms with van der Waals surface area (Å²) >= 11 is 0. The maximum absolute atomic E-state index is 12.0. The van der Waals surface area contributed by atoms with Gasteiger partial charge in [0, 0.05) is 24.4 Å². The lowest BCUT2D eigenvalue weighted by molar-refractivity contribution is -0.171. The predicted octanol–water partition coefficient (Wildman–Crippen LogP) is 2.81. The van der Waals surface area contributed by atoms with E-state index in [4.69, 9.17) is 9.47 Å². The summed E-state index contributed by atoms with van der Waals surface area (Å²) in [5.41, 5.74) is 0.517. The Hall–Kier alpha value is -1.91. The standard InChI is InChI=1S/C15H21NO4/c1-4-5-8-13(17)20-14(15(18)19-11(2)3)12-7-6-9-16-10-12/h6-7,9-11,14H,4-5,8H2,1-3H3. The number of ether oxygens (including phenoxy) is 2. The second-order valence-corrected chi connectivity index (χ2v) is 4.75. The molecule has 0 spiro atoms. The highest BCUT2D eigenvalue weighted by atomic mass is 16.6. The number of carbonyl (C=O) groups is 2. The molecule has 0 N–H and O–H groups in total. The minimum absolute atomic E-state index is 0.268. The maximum Gasteiger partial charge on any atom is 0.352 e. The number of esters is 2. The third-order valence-electron chi connectivity index (χ3n) is 2.54. The van der Waals surface area contributed by atoms with Crippen molar-refractivity contribution < 1.29 is 19.1 Å². The molecule has 1 heterocycles. The molecule has 0 aliphatic carbocycles. The summed E-state index contributed by atoms with van der Waals surface area (Å²) in [6.45, 7) is 5.48. The van der Waals surface area contributed by atoms with Gasteiger partial charge in [-0.1, -0.05) is 19.4 Å². The van der Waals surface area contributed by atoms with E-state index in [-0.39, 0.29) is 6.10 Å². The van der Waals surface area contributed by atoms with E-state index in [1.165, 1.54) is 6.20 Å². The van der Waals surface area contributed by atoms with Crippen molar-refractivity contribution in [3.8, 4) is 0 Å². The molecule has 1 unspecified atom stereocenters. The molecule has 5 heteroatoms. The molecule has 0 amide bonds. The molecular weight excluding hydrogens is 258 g/mol. The van der Waals surface area contributed by atoms with E-state index in [9.17, 15) is 9.59 Å². The molecular formula is C15H21NO4. The highest BCUT2D eigenvalue weighted by Crippen LogP contribution is 2.20. The van der Waals surface area contributed by atoms with Crippen LogP contribution in [0.5, 0.6) is 0 Å². The van der Waals surface area contributed by atoms with Crippen molar-refractivity contribution in [1.82, 2.24) is 4.98 Å². The number of carbonyl (C=O) groups excluding carboxylic acids is 2. The lowest BCUT2D eigenvalue weighted by atomic mass is 10.1. The highest BCUT2D eigenvalue weighted by Gasteiger charge is 2.27. The zero-order chi connectivity index (χ0) is 15.0. The number of rotatable bonds is 7. The Morgan fingerprint density at radius 1 is 1.30 bits per heavy atom. The third kappa shape index (κ3) is 5.38. The second kappa shape index (κ2) is 8.30. The molecule has 0 aliphatic heterocycles. The SMILES string of the molecule is CCCCC(=O)OC(C(=O)OC(C)C)c1cccnc1. The van der Waals surface area contributed by atoms with Crippen molar-refractivity contribution in [2.24, 2.45) is 0 Å². The normalized spacial score (nSPS) is 12.0. The van der Waals surface area contributed by atoms with Crippen LogP contribution >= 0.6 is 0 Å². The van der Waals surface area contributed by atoms with Crippen LogP contribution in [0.2, 0.25) is 0 Å². The Kier molecular flexibility index (Phi) is 6.70. The predicted molar refractivity (Wildman–Crippen MR) is 73.8 cm³/mol. The molecule has 0 saturated heterocycles. The van der Waals surface area contributed by atoms with Gasteiger partial charge in [-0.25, -0.2) is 4.79 Å². The van der Waals surface area contributed by atoms with Gasteiger partial charge < -0.3 is 9.47 Å². The van der Waals surface area contributed by atoms with Crippen molar-refractivity contribution >= 4 is 11.9 Å². The lowest BCUT2D eigenvalue weighted by Crippen LogP contribution is -2.24. The van der Waals surface area contributed by atoms with Crippen LogP contribution in [0, 0.1) is 0 Å². The van der Waals surface area contributed by atoms with Crippen molar-refractivity contribution in [2.75, 3.05) is 0 Å². The van der Waals surface area contributed by atoms with Gasteiger partial charge in [0.15, 0.2) is 0 Å². The Bertz CT molecular complexity index is 431. The van der Waals surface area contributed by atoms with E-state index < -0.39 is 18.0 Å². The van der Waals surface area contributed by atoms with Gasteiger partial charge in [-0.2, -0.15) is 0 Å². The van der Waals surface area contributed by atoms with E-state index in [1.54, 1.807) is 32.2 Å². The average Bonchev–Trinajstić information content (AvgIpc) is 2.42. The van der Waals surface area contributed by atoms with Gasteiger partial charge in [-0.3, -0.25) is 9.78 Å². The van der Waals surface area contributed by atoms with Crippen LogP contribution in [0.25, 0.3) is 0 Å². The number of pyridine rings is 1. The van der Waals surface area contributed by atoms with E-state index in [2.05, 4.69) is 4.98 Å².